The van der Waals surface area contributed by atoms with E-state index in [0.29, 0.717) is 31.7 Å². The lowest BCUT2D eigenvalue weighted by molar-refractivity contribution is -0.125. The van der Waals surface area contributed by atoms with Crippen LogP contribution in [0.25, 0.3) is 0 Å². The maximum atomic E-state index is 13.7. The molecule has 0 radical (unpaired) electrons. The van der Waals surface area contributed by atoms with Gasteiger partial charge in [0.15, 0.2) is 5.76 Å². The molecule has 2 atom stereocenters. The number of furan rings is 1. The molecule has 1 aliphatic heterocycles. The van der Waals surface area contributed by atoms with Crippen LogP contribution in [0, 0.1) is 11.7 Å². The molecule has 1 aromatic heterocycles. The van der Waals surface area contributed by atoms with Crippen LogP contribution in [0.15, 0.2) is 47.1 Å². The van der Waals surface area contributed by atoms with Gasteiger partial charge in [-0.25, -0.2) is 4.39 Å². The molecule has 1 fully saturated rings. The summed E-state index contributed by atoms with van der Waals surface area (Å²) in [5.41, 5.74) is 0.710. The normalized spacial score (nSPS) is 19.3. The molecule has 0 spiro atoms. The monoisotopic (exact) mass is 374 g/mol. The number of rotatable bonds is 7. The number of nitrogens with one attached hydrogen (secondary N) is 1. The van der Waals surface area contributed by atoms with Crippen LogP contribution in [-0.2, 0) is 9.53 Å². The van der Waals surface area contributed by atoms with Crippen molar-refractivity contribution in [1.29, 1.82) is 0 Å². The van der Waals surface area contributed by atoms with Gasteiger partial charge in [-0.05, 0) is 36.2 Å². The van der Waals surface area contributed by atoms with Gasteiger partial charge in [0.05, 0.1) is 12.2 Å². The summed E-state index contributed by atoms with van der Waals surface area (Å²) in [7, 11) is 1.61. The molecule has 144 valence electrons. The van der Waals surface area contributed by atoms with Gasteiger partial charge in [-0.1, -0.05) is 12.1 Å². The molecule has 2 aromatic rings. The lowest BCUT2D eigenvalue weighted by Gasteiger charge is -2.18. The van der Waals surface area contributed by atoms with E-state index >= 15 is 0 Å². The van der Waals surface area contributed by atoms with Crippen LogP contribution >= 0.6 is 0 Å². The van der Waals surface area contributed by atoms with Crippen molar-refractivity contribution in [1.82, 2.24) is 10.2 Å². The molecule has 7 heteroatoms. The number of ether oxygens (including phenoxy) is 1. The Morgan fingerprint density at radius 1 is 1.30 bits per heavy atom. The highest BCUT2D eigenvalue weighted by molar-refractivity contribution is 5.92. The summed E-state index contributed by atoms with van der Waals surface area (Å²) in [6.07, 6.45) is 2.14. The average molecular weight is 374 g/mol. The van der Waals surface area contributed by atoms with Crippen molar-refractivity contribution in [3.05, 3.63) is 59.8 Å². The summed E-state index contributed by atoms with van der Waals surface area (Å²) in [6.45, 7) is 1.64. The third kappa shape index (κ3) is 4.54. The largest absolute Gasteiger partial charge is 0.459 e. The first-order valence-electron chi connectivity index (χ1n) is 8.95. The number of halogens is 1. The number of carbonyl (C=O) groups excluding carboxylic acids is 2. The molecule has 0 aliphatic carbocycles. The van der Waals surface area contributed by atoms with Crippen LogP contribution in [0.2, 0.25) is 0 Å². The first kappa shape index (κ1) is 19.1. The number of hydrogen-bond acceptors (Lipinski definition) is 4. The molecule has 0 bridgehead atoms. The van der Waals surface area contributed by atoms with E-state index in [4.69, 9.17) is 9.15 Å². The van der Waals surface area contributed by atoms with Gasteiger partial charge in [-0.2, -0.15) is 0 Å². The van der Waals surface area contributed by atoms with Gasteiger partial charge in [0, 0.05) is 39.3 Å². The van der Waals surface area contributed by atoms with Crippen LogP contribution < -0.4 is 5.32 Å². The van der Waals surface area contributed by atoms with Gasteiger partial charge < -0.3 is 19.4 Å². The minimum absolute atomic E-state index is 0.143. The molecular weight excluding hydrogens is 351 g/mol. The van der Waals surface area contributed by atoms with Crippen molar-refractivity contribution in [3.8, 4) is 0 Å². The second kappa shape index (κ2) is 8.81. The van der Waals surface area contributed by atoms with Crippen molar-refractivity contribution < 1.29 is 23.1 Å². The minimum Gasteiger partial charge on any atom is -0.459 e. The highest BCUT2D eigenvalue weighted by atomic mass is 19.1. The fourth-order valence-electron chi connectivity index (χ4n) is 3.43. The SMILES string of the molecule is COCCCNC(=O)C1CN(C(=O)c2ccco2)CC1c1cccc(F)c1. The quantitative estimate of drug-likeness (QED) is 0.756. The molecule has 6 nitrogen and oxygen atoms in total. The van der Waals surface area contributed by atoms with E-state index in [-0.39, 0.29) is 35.9 Å². The molecule has 1 saturated heterocycles. The lowest BCUT2D eigenvalue weighted by Crippen LogP contribution is -2.36. The Labute approximate surface area is 157 Å². The first-order valence-corrected chi connectivity index (χ1v) is 8.95. The van der Waals surface area contributed by atoms with Crippen LogP contribution in [0.5, 0.6) is 0 Å². The van der Waals surface area contributed by atoms with Crippen molar-refractivity contribution >= 4 is 11.8 Å². The van der Waals surface area contributed by atoms with Crippen molar-refractivity contribution in [2.24, 2.45) is 5.92 Å². The lowest BCUT2D eigenvalue weighted by atomic mass is 9.88. The highest BCUT2D eigenvalue weighted by Crippen LogP contribution is 2.34. The van der Waals surface area contributed by atoms with Crippen LogP contribution in [0.4, 0.5) is 4.39 Å². The Kier molecular flexibility index (Phi) is 6.24. The Morgan fingerprint density at radius 3 is 2.85 bits per heavy atom. The second-order valence-corrected chi connectivity index (χ2v) is 6.59. The number of likely N-dealkylation sites (tertiary alicyclic amines) is 1. The van der Waals surface area contributed by atoms with Gasteiger partial charge in [0.1, 0.15) is 5.82 Å². The smallest absolute Gasteiger partial charge is 0.289 e. The molecule has 1 aliphatic rings. The number of amides is 2. The molecule has 3 rings (SSSR count). The molecular formula is C20H23FN2O4. The summed E-state index contributed by atoms with van der Waals surface area (Å²) in [5.74, 6) is -1.27. The van der Waals surface area contributed by atoms with Gasteiger partial charge in [-0.15, -0.1) is 0 Å². The average Bonchev–Trinajstić information content (AvgIpc) is 3.34. The predicted molar refractivity (Wildman–Crippen MR) is 96.7 cm³/mol. The van der Waals surface area contributed by atoms with Gasteiger partial charge in [0.2, 0.25) is 5.91 Å². The maximum Gasteiger partial charge on any atom is 0.289 e. The molecule has 2 heterocycles. The van der Waals surface area contributed by atoms with E-state index in [1.807, 2.05) is 0 Å². The molecule has 27 heavy (non-hydrogen) atoms. The fraction of sp³-hybridized carbons (Fsp3) is 0.400. The van der Waals surface area contributed by atoms with Gasteiger partial charge in [-0.3, -0.25) is 9.59 Å². The summed E-state index contributed by atoms with van der Waals surface area (Å²) in [5, 5.41) is 2.89. The Bertz CT molecular complexity index is 778. The molecule has 0 saturated carbocycles. The minimum atomic E-state index is -0.451. The maximum absolute atomic E-state index is 13.7. The second-order valence-electron chi connectivity index (χ2n) is 6.59. The van der Waals surface area contributed by atoms with E-state index in [1.54, 1.807) is 36.3 Å². The van der Waals surface area contributed by atoms with Gasteiger partial charge >= 0.3 is 0 Å². The van der Waals surface area contributed by atoms with E-state index in [2.05, 4.69) is 5.32 Å². The van der Waals surface area contributed by atoms with E-state index in [1.165, 1.54) is 18.4 Å². The van der Waals surface area contributed by atoms with Crippen LogP contribution in [-0.4, -0.2) is 50.1 Å². The number of nitrogens with zero attached hydrogens (tertiary/aromatic N) is 1. The number of methoxy groups -OCH3 is 1. The number of hydrogen-bond donors (Lipinski definition) is 1. The molecule has 1 N–H and O–H groups in total. The van der Waals surface area contributed by atoms with Crippen molar-refractivity contribution in [2.75, 3.05) is 33.4 Å². The first-order chi connectivity index (χ1) is 13.1. The topological polar surface area (TPSA) is 71.8 Å². The Hall–Kier alpha value is -2.67. The van der Waals surface area contributed by atoms with Crippen LogP contribution in [0.1, 0.15) is 28.5 Å². The van der Waals surface area contributed by atoms with Crippen molar-refractivity contribution in [2.45, 2.75) is 12.3 Å². The number of carbonyl (C=O) groups is 2. The summed E-state index contributed by atoms with van der Waals surface area (Å²) in [4.78, 5) is 26.9. The van der Waals surface area contributed by atoms with E-state index < -0.39 is 5.92 Å². The Balaban J connectivity index is 1.76. The predicted octanol–water partition coefficient (Wildman–Crippen LogP) is 2.43. The standard InChI is InChI=1S/C20H23FN2O4/c1-26-9-4-8-22-19(24)17-13-23(20(25)18-7-3-10-27-18)12-16(17)14-5-2-6-15(21)11-14/h2-3,5-7,10-11,16-17H,4,8-9,12-13H2,1H3,(H,22,24). The molecule has 2 amide bonds. The highest BCUT2D eigenvalue weighted by Gasteiger charge is 2.41. The zero-order valence-electron chi connectivity index (χ0n) is 15.2. The fourth-order valence-corrected chi connectivity index (χ4v) is 3.43. The molecule has 2 unspecified atom stereocenters. The number of benzene rings is 1. The third-order valence-corrected chi connectivity index (χ3v) is 4.78. The zero-order valence-corrected chi connectivity index (χ0v) is 15.2. The van der Waals surface area contributed by atoms with E-state index in [9.17, 15) is 14.0 Å². The summed E-state index contributed by atoms with van der Waals surface area (Å²) in [6, 6.07) is 9.45. The third-order valence-electron chi connectivity index (χ3n) is 4.78. The summed E-state index contributed by atoms with van der Waals surface area (Å²) < 4.78 is 23.9. The zero-order chi connectivity index (χ0) is 19.2. The van der Waals surface area contributed by atoms with E-state index in [0.717, 1.165) is 0 Å². The summed E-state index contributed by atoms with van der Waals surface area (Å²) >= 11 is 0. The Morgan fingerprint density at radius 2 is 2.15 bits per heavy atom. The van der Waals surface area contributed by atoms with Crippen molar-refractivity contribution in [3.63, 3.8) is 0 Å². The molecule has 1 aromatic carbocycles. The van der Waals surface area contributed by atoms with Crippen LogP contribution in [0.3, 0.4) is 0 Å². The van der Waals surface area contributed by atoms with Gasteiger partial charge in [0.25, 0.3) is 5.91 Å².